The smallest absolute Gasteiger partial charge is 0.148 e. The van der Waals surface area contributed by atoms with Gasteiger partial charge in [-0.2, -0.15) is 5.26 Å². The monoisotopic (exact) mass is 543 g/mol. The predicted molar refractivity (Wildman–Crippen MR) is 162 cm³/mol. The molecule has 0 aliphatic heterocycles. The second kappa shape index (κ2) is 10.7. The lowest BCUT2D eigenvalue weighted by atomic mass is 9.69. The Morgan fingerprint density at radius 1 is 1.15 bits per heavy atom. The zero-order chi connectivity index (χ0) is 28.6. The zero-order valence-corrected chi connectivity index (χ0v) is 23.4. The molecular formula is C32H31BFN7. The van der Waals surface area contributed by atoms with E-state index in [-0.39, 0.29) is 11.9 Å². The minimum atomic E-state index is -0.801. The Kier molecular flexibility index (Phi) is 6.92. The normalized spacial score (nSPS) is 15.2. The average molecular weight is 543 g/mol. The van der Waals surface area contributed by atoms with Crippen molar-refractivity contribution in [3.05, 3.63) is 113 Å². The molecule has 2 atom stereocenters. The highest BCUT2D eigenvalue weighted by molar-refractivity contribution is 6.19. The first kappa shape index (κ1) is 26.5. The molecule has 1 aliphatic rings. The molecular weight excluding hydrogens is 512 g/mol. The first-order chi connectivity index (χ1) is 19.9. The molecule has 0 spiro atoms. The molecule has 6 rings (SSSR count). The fourth-order valence-corrected chi connectivity index (χ4v) is 5.45. The predicted octanol–water partition coefficient (Wildman–Crippen LogP) is 5.99. The van der Waals surface area contributed by atoms with E-state index < -0.39 is 5.44 Å². The number of aryl methyl sites for hydroxylation is 1. The number of hydrogen-bond acceptors (Lipinski definition) is 6. The van der Waals surface area contributed by atoms with E-state index in [0.717, 1.165) is 63.9 Å². The number of benzene rings is 3. The van der Waals surface area contributed by atoms with Gasteiger partial charge in [0.1, 0.15) is 25.4 Å². The minimum Gasteiger partial charge on any atom is -0.378 e. The van der Waals surface area contributed by atoms with Crippen LogP contribution in [0.3, 0.4) is 0 Å². The van der Waals surface area contributed by atoms with Crippen molar-refractivity contribution in [3.63, 3.8) is 0 Å². The van der Waals surface area contributed by atoms with E-state index in [9.17, 15) is 9.65 Å². The lowest BCUT2D eigenvalue weighted by molar-refractivity contribution is 0.610. The summed E-state index contributed by atoms with van der Waals surface area (Å²) in [5.41, 5.74) is 5.80. The molecule has 204 valence electrons. The van der Waals surface area contributed by atoms with Crippen LogP contribution in [0.15, 0.2) is 79.1 Å². The van der Waals surface area contributed by atoms with Gasteiger partial charge in [-0.15, -0.1) is 5.10 Å². The molecule has 3 aromatic carbocycles. The zero-order valence-electron chi connectivity index (χ0n) is 23.4. The van der Waals surface area contributed by atoms with Gasteiger partial charge in [-0.05, 0) is 67.1 Å². The molecule has 7 nitrogen and oxygen atoms in total. The van der Waals surface area contributed by atoms with Gasteiger partial charge in [-0.1, -0.05) is 54.6 Å². The summed E-state index contributed by atoms with van der Waals surface area (Å²) < 4.78 is 15.8. The average Bonchev–Trinajstić information content (AvgIpc) is 3.72. The second-order valence-corrected chi connectivity index (χ2v) is 10.9. The number of anilines is 2. The number of rotatable bonds is 9. The summed E-state index contributed by atoms with van der Waals surface area (Å²) in [4.78, 5) is 4.65. The SMILES string of the molecule is BC(Nc1cc(C)c2ncc(C#N)c(N[C@H](CC)c3ccccc3)c2c1)(c1ccc(F)cc1)c1cn(C2CC2)nn1. The summed E-state index contributed by atoms with van der Waals surface area (Å²) in [6.45, 7) is 4.14. The third-order valence-electron chi connectivity index (χ3n) is 7.97. The number of fused-ring (bicyclic) bond motifs is 1. The third-order valence-corrected chi connectivity index (χ3v) is 7.97. The van der Waals surface area contributed by atoms with Gasteiger partial charge in [0, 0.05) is 17.3 Å². The number of nitrogens with one attached hydrogen (secondary N) is 2. The van der Waals surface area contributed by atoms with Gasteiger partial charge >= 0.3 is 0 Å². The van der Waals surface area contributed by atoms with Crippen LogP contribution in [0, 0.1) is 24.1 Å². The third kappa shape index (κ3) is 5.13. The Morgan fingerprint density at radius 3 is 2.59 bits per heavy atom. The van der Waals surface area contributed by atoms with Crippen molar-refractivity contribution in [2.24, 2.45) is 0 Å². The maximum atomic E-state index is 13.9. The fraction of sp³-hybridized carbons (Fsp3) is 0.250. The van der Waals surface area contributed by atoms with Crippen molar-refractivity contribution in [3.8, 4) is 6.07 Å². The molecule has 2 heterocycles. The van der Waals surface area contributed by atoms with Gasteiger partial charge in [0.05, 0.1) is 40.5 Å². The molecule has 0 radical (unpaired) electrons. The molecule has 5 aromatic rings. The number of nitrogens with zero attached hydrogens (tertiary/aromatic N) is 5. The first-order valence-electron chi connectivity index (χ1n) is 14.0. The molecule has 2 N–H and O–H groups in total. The minimum absolute atomic E-state index is 0.0211. The highest BCUT2D eigenvalue weighted by atomic mass is 19.1. The van der Waals surface area contributed by atoms with E-state index in [1.54, 1.807) is 18.3 Å². The van der Waals surface area contributed by atoms with Crippen LogP contribution >= 0.6 is 0 Å². The van der Waals surface area contributed by atoms with Gasteiger partial charge in [0.25, 0.3) is 0 Å². The van der Waals surface area contributed by atoms with Crippen LogP contribution in [-0.4, -0.2) is 27.8 Å². The van der Waals surface area contributed by atoms with Crippen LogP contribution in [-0.2, 0) is 5.44 Å². The molecule has 0 amide bonds. The lowest BCUT2D eigenvalue weighted by Crippen LogP contribution is -2.38. The molecule has 1 saturated carbocycles. The van der Waals surface area contributed by atoms with Crippen LogP contribution in [0.2, 0.25) is 0 Å². The molecule has 1 unspecified atom stereocenters. The lowest BCUT2D eigenvalue weighted by Gasteiger charge is -2.31. The summed E-state index contributed by atoms with van der Waals surface area (Å²) >= 11 is 0. The first-order valence-corrected chi connectivity index (χ1v) is 14.0. The summed E-state index contributed by atoms with van der Waals surface area (Å²) in [7, 11) is 2.03. The van der Waals surface area contributed by atoms with Crippen molar-refractivity contribution >= 4 is 30.1 Å². The Balaban J connectivity index is 1.46. The van der Waals surface area contributed by atoms with Crippen LogP contribution in [0.4, 0.5) is 15.8 Å². The molecule has 0 saturated heterocycles. The molecule has 1 aliphatic carbocycles. The van der Waals surface area contributed by atoms with Gasteiger partial charge in [0.15, 0.2) is 0 Å². The molecule has 2 aromatic heterocycles. The molecule has 9 heteroatoms. The van der Waals surface area contributed by atoms with Gasteiger partial charge in [0.2, 0.25) is 0 Å². The molecule has 0 bridgehead atoms. The van der Waals surface area contributed by atoms with E-state index in [1.165, 1.54) is 12.1 Å². The van der Waals surface area contributed by atoms with Crippen molar-refractivity contribution in [2.75, 3.05) is 10.6 Å². The number of halogens is 1. The van der Waals surface area contributed by atoms with Gasteiger partial charge in [-0.3, -0.25) is 4.98 Å². The standard InChI is InChI=1S/C32H31BFN7/c1-3-28(21-7-5-4-6-8-21)37-31-22(17-35)18-36-30-20(2)15-25(16-27(30)31)38-32(33,23-9-11-24(34)12-10-23)29-19-41(40-39-29)26-13-14-26/h4-12,15-16,18-19,26,28,38H,3,13-14,33H2,1-2H3,(H,36,37)/t28-,32?/m1/s1. The maximum Gasteiger partial charge on any atom is 0.148 e. The number of aromatic nitrogens is 4. The van der Waals surface area contributed by atoms with Crippen molar-refractivity contribution in [1.82, 2.24) is 20.0 Å². The molecule has 1 fully saturated rings. The van der Waals surface area contributed by atoms with Crippen molar-refractivity contribution in [2.45, 2.75) is 50.6 Å². The summed E-state index contributed by atoms with van der Waals surface area (Å²) in [5, 5.41) is 27.2. The van der Waals surface area contributed by atoms with Crippen LogP contribution < -0.4 is 10.6 Å². The van der Waals surface area contributed by atoms with Gasteiger partial charge < -0.3 is 10.6 Å². The van der Waals surface area contributed by atoms with E-state index in [4.69, 9.17) is 0 Å². The Bertz CT molecular complexity index is 1740. The van der Waals surface area contributed by atoms with Crippen LogP contribution in [0.1, 0.15) is 66.2 Å². The maximum absolute atomic E-state index is 13.9. The Hall–Kier alpha value is -4.71. The second-order valence-electron chi connectivity index (χ2n) is 10.9. The van der Waals surface area contributed by atoms with Crippen LogP contribution in [0.25, 0.3) is 10.9 Å². The topological polar surface area (TPSA) is 91.5 Å². The number of hydrogen-bond donors (Lipinski definition) is 2. The Labute approximate surface area is 239 Å². The van der Waals surface area contributed by atoms with Crippen molar-refractivity contribution < 1.29 is 4.39 Å². The summed E-state index contributed by atoms with van der Waals surface area (Å²) in [6, 6.07) is 23.5. The molecule has 41 heavy (non-hydrogen) atoms. The Morgan fingerprint density at radius 2 is 1.90 bits per heavy atom. The summed E-state index contributed by atoms with van der Waals surface area (Å²) in [6.07, 6.45) is 6.66. The largest absolute Gasteiger partial charge is 0.378 e. The summed E-state index contributed by atoms with van der Waals surface area (Å²) in [5.74, 6) is -0.297. The quantitative estimate of drug-likeness (QED) is 0.222. The van der Waals surface area contributed by atoms with Gasteiger partial charge in [-0.25, -0.2) is 9.07 Å². The van der Waals surface area contributed by atoms with E-state index in [1.807, 2.05) is 56.0 Å². The van der Waals surface area contributed by atoms with Crippen molar-refractivity contribution in [1.29, 1.82) is 5.26 Å². The fourth-order valence-electron chi connectivity index (χ4n) is 5.45. The van der Waals surface area contributed by atoms with Crippen LogP contribution in [0.5, 0.6) is 0 Å². The van der Waals surface area contributed by atoms with E-state index in [2.05, 4.69) is 51.1 Å². The highest BCUT2D eigenvalue weighted by Gasteiger charge is 2.34. The van der Waals surface area contributed by atoms with E-state index >= 15 is 0 Å². The highest BCUT2D eigenvalue weighted by Crippen LogP contribution is 2.38. The number of pyridine rings is 1. The number of nitriles is 1. The van der Waals surface area contributed by atoms with E-state index in [0.29, 0.717) is 11.6 Å².